The van der Waals surface area contributed by atoms with Gasteiger partial charge in [0.1, 0.15) is 0 Å². The second-order valence-electron chi connectivity index (χ2n) is 11.0. The van der Waals surface area contributed by atoms with Crippen molar-refractivity contribution in [3.63, 3.8) is 0 Å². The van der Waals surface area contributed by atoms with E-state index in [0.717, 1.165) is 57.8 Å². The first kappa shape index (κ1) is 30.1. The number of hydrogen-bond acceptors (Lipinski definition) is 3. The predicted octanol–water partition coefficient (Wildman–Crippen LogP) is 11.0. The number of rotatable bonds is 14. The first-order chi connectivity index (χ1) is 20.6. The third-order valence-electron chi connectivity index (χ3n) is 7.70. The van der Waals surface area contributed by atoms with Crippen LogP contribution in [0.15, 0.2) is 89.9 Å². The molecule has 1 aliphatic carbocycles. The zero-order valence-electron chi connectivity index (χ0n) is 24.5. The summed E-state index contributed by atoms with van der Waals surface area (Å²) >= 11 is 12.4. The third-order valence-corrected chi connectivity index (χ3v) is 8.20. The molecule has 1 N–H and O–H groups in total. The molecule has 0 amide bonds. The summed E-state index contributed by atoms with van der Waals surface area (Å²) in [6.07, 6.45) is 13.1. The van der Waals surface area contributed by atoms with Crippen LogP contribution in [0.1, 0.15) is 71.1 Å². The van der Waals surface area contributed by atoms with Gasteiger partial charge in [-0.1, -0.05) is 100 Å². The Morgan fingerprint density at radius 1 is 0.714 bits per heavy atom. The average Bonchev–Trinajstić information content (AvgIpc) is 3.00. The van der Waals surface area contributed by atoms with Crippen molar-refractivity contribution in [1.29, 1.82) is 0 Å². The molecule has 0 unspecified atom stereocenters. The molecule has 1 aliphatic heterocycles. The van der Waals surface area contributed by atoms with E-state index >= 15 is 0 Å². The number of nitrogens with zero attached hydrogens (tertiary/aromatic N) is 3. The van der Waals surface area contributed by atoms with Crippen LogP contribution in [-0.2, 0) is 0 Å². The van der Waals surface area contributed by atoms with Gasteiger partial charge in [0.05, 0.1) is 33.5 Å². The first-order valence-electron chi connectivity index (χ1n) is 15.4. The molecule has 3 aromatic carbocycles. The van der Waals surface area contributed by atoms with E-state index in [0.29, 0.717) is 10.0 Å². The number of halogens is 2. The molecular weight excluding hydrogens is 559 g/mol. The average molecular weight is 600 g/mol. The number of anilines is 2. The second-order valence-corrected chi connectivity index (χ2v) is 11.8. The number of fused-ring (bicyclic) bond motifs is 2. The van der Waals surface area contributed by atoms with Gasteiger partial charge in [-0.25, -0.2) is 4.98 Å². The minimum Gasteiger partial charge on any atom is -0.354 e. The molecular formula is C36H40Cl2N4. The number of nitrogens with one attached hydrogen (secondary N) is 1. The van der Waals surface area contributed by atoms with Crippen LogP contribution in [0.3, 0.4) is 0 Å². The summed E-state index contributed by atoms with van der Waals surface area (Å²) < 4.78 is 2.25. The van der Waals surface area contributed by atoms with Crippen molar-refractivity contribution in [2.75, 3.05) is 11.9 Å². The van der Waals surface area contributed by atoms with Gasteiger partial charge >= 0.3 is 0 Å². The van der Waals surface area contributed by atoms with Gasteiger partial charge in [-0.3, -0.25) is 4.99 Å². The van der Waals surface area contributed by atoms with Crippen LogP contribution in [-0.4, -0.2) is 16.1 Å². The Kier molecular flexibility index (Phi) is 10.9. The number of hydrogen-bond donors (Lipinski definition) is 1. The molecule has 218 valence electrons. The van der Waals surface area contributed by atoms with Gasteiger partial charge in [-0.15, -0.1) is 0 Å². The lowest BCUT2D eigenvalue weighted by atomic mass is 10.1. The van der Waals surface area contributed by atoms with Gasteiger partial charge in [0, 0.05) is 28.0 Å². The molecule has 6 heteroatoms. The molecule has 5 rings (SSSR count). The van der Waals surface area contributed by atoms with Crippen LogP contribution in [0.5, 0.6) is 0 Å². The summed E-state index contributed by atoms with van der Waals surface area (Å²) in [6.45, 7) is 3.06. The Morgan fingerprint density at radius 3 is 2.02 bits per heavy atom. The lowest BCUT2D eigenvalue weighted by Gasteiger charge is -2.20. The van der Waals surface area contributed by atoms with Crippen molar-refractivity contribution >= 4 is 45.6 Å². The van der Waals surface area contributed by atoms with Crippen LogP contribution >= 0.6 is 23.2 Å². The van der Waals surface area contributed by atoms with Crippen molar-refractivity contribution in [3.05, 3.63) is 100 Å². The van der Waals surface area contributed by atoms with E-state index in [1.54, 1.807) is 0 Å². The van der Waals surface area contributed by atoms with Gasteiger partial charge in [0.25, 0.3) is 0 Å². The highest BCUT2D eigenvalue weighted by molar-refractivity contribution is 6.30. The molecule has 0 aromatic heterocycles. The molecule has 0 atom stereocenters. The Bertz CT molecular complexity index is 1610. The Labute approximate surface area is 259 Å². The maximum absolute atomic E-state index is 6.25. The van der Waals surface area contributed by atoms with Crippen molar-refractivity contribution in [1.82, 2.24) is 9.55 Å². The quantitative estimate of drug-likeness (QED) is 0.102. The zero-order chi connectivity index (χ0) is 29.1. The largest absolute Gasteiger partial charge is 0.354 e. The second kappa shape index (κ2) is 15.2. The highest BCUT2D eigenvalue weighted by Crippen LogP contribution is 2.31. The molecule has 3 aromatic rings. The Morgan fingerprint density at radius 2 is 1.33 bits per heavy atom. The molecule has 0 spiro atoms. The third kappa shape index (κ3) is 7.93. The van der Waals surface area contributed by atoms with E-state index < -0.39 is 0 Å². The number of benzene rings is 4. The van der Waals surface area contributed by atoms with Gasteiger partial charge in [-0.2, -0.15) is 0 Å². The van der Waals surface area contributed by atoms with Crippen molar-refractivity contribution < 1.29 is 0 Å². The Hall–Kier alpha value is -3.34. The molecule has 0 fully saturated rings. The summed E-state index contributed by atoms with van der Waals surface area (Å²) in [5.41, 5.74) is 6.77. The SMILES string of the molecule is CCCCCCCCCCCCN=c1cc2n(-c3ccc(Cl)cc3)c3ccccc3nc-2cc1Nc1ccc(Cl)cc1. The number of para-hydroxylation sites is 2. The first-order valence-corrected chi connectivity index (χ1v) is 16.1. The van der Waals surface area contributed by atoms with Crippen LogP contribution in [0, 0.1) is 0 Å². The van der Waals surface area contributed by atoms with Gasteiger partial charge < -0.3 is 9.88 Å². The summed E-state index contributed by atoms with van der Waals surface area (Å²) in [4.78, 5) is 10.2. The normalized spacial score (nSPS) is 11.9. The fourth-order valence-electron chi connectivity index (χ4n) is 5.43. The molecule has 42 heavy (non-hydrogen) atoms. The highest BCUT2D eigenvalue weighted by Gasteiger charge is 2.16. The monoisotopic (exact) mass is 598 g/mol. The maximum Gasteiger partial charge on any atom is 0.0900 e. The maximum atomic E-state index is 6.25. The van der Waals surface area contributed by atoms with Crippen molar-refractivity contribution in [3.8, 4) is 17.1 Å². The number of unbranched alkanes of at least 4 members (excludes halogenated alkanes) is 9. The fraction of sp³-hybridized carbons (Fsp3) is 0.333. The van der Waals surface area contributed by atoms with Crippen LogP contribution in [0.4, 0.5) is 11.4 Å². The molecule has 0 radical (unpaired) electrons. The molecule has 2 aliphatic rings. The van der Waals surface area contributed by atoms with E-state index in [2.05, 4.69) is 59.3 Å². The van der Waals surface area contributed by atoms with E-state index in [1.165, 1.54) is 57.8 Å². The highest BCUT2D eigenvalue weighted by atomic mass is 35.5. The topological polar surface area (TPSA) is 42.2 Å². The summed E-state index contributed by atoms with van der Waals surface area (Å²) in [7, 11) is 0. The van der Waals surface area contributed by atoms with E-state index in [-0.39, 0.29) is 0 Å². The fourth-order valence-corrected chi connectivity index (χ4v) is 5.68. The summed E-state index contributed by atoms with van der Waals surface area (Å²) in [6, 6.07) is 28.2. The zero-order valence-corrected chi connectivity index (χ0v) is 26.0. The molecule has 1 heterocycles. The standard InChI is InChI=1S/C36H40Cl2N4/c1-2-3-4-5-6-7-8-9-10-13-24-39-32-26-36-34(25-33(32)40-29-20-16-27(37)17-21-29)41-31-14-11-12-15-35(31)42(36)30-22-18-28(38)19-23-30/h11-12,14-23,25-26,40H,2-10,13,24H2,1H3. The van der Waals surface area contributed by atoms with Gasteiger partial charge in [-0.05, 0) is 79.2 Å². The minimum atomic E-state index is 0.710. The van der Waals surface area contributed by atoms with Gasteiger partial charge in [0.15, 0.2) is 0 Å². The Balaban J connectivity index is 1.44. The van der Waals surface area contributed by atoms with Crippen molar-refractivity contribution in [2.24, 2.45) is 4.99 Å². The molecule has 0 saturated carbocycles. The minimum absolute atomic E-state index is 0.710. The summed E-state index contributed by atoms with van der Waals surface area (Å²) in [5.74, 6) is 0. The van der Waals surface area contributed by atoms with E-state index in [1.807, 2.05) is 42.5 Å². The predicted molar refractivity (Wildman–Crippen MR) is 180 cm³/mol. The molecule has 4 nitrogen and oxygen atoms in total. The van der Waals surface area contributed by atoms with E-state index in [4.69, 9.17) is 33.2 Å². The van der Waals surface area contributed by atoms with Crippen molar-refractivity contribution in [2.45, 2.75) is 71.1 Å². The molecule has 0 bridgehead atoms. The lowest BCUT2D eigenvalue weighted by molar-refractivity contribution is 0.557. The lowest BCUT2D eigenvalue weighted by Crippen LogP contribution is -2.15. The number of aromatic nitrogens is 2. The van der Waals surface area contributed by atoms with E-state index in [9.17, 15) is 0 Å². The van der Waals surface area contributed by atoms with Gasteiger partial charge in [0.2, 0.25) is 0 Å². The van der Waals surface area contributed by atoms with Crippen LogP contribution in [0.2, 0.25) is 10.0 Å². The van der Waals surface area contributed by atoms with Crippen LogP contribution in [0.25, 0.3) is 28.1 Å². The van der Waals surface area contributed by atoms with Crippen LogP contribution < -0.4 is 10.7 Å². The smallest absolute Gasteiger partial charge is 0.0900 e. The molecule has 0 saturated heterocycles. The summed E-state index contributed by atoms with van der Waals surface area (Å²) in [5, 5.41) is 5.92.